The number of nitrogens with one attached hydrogen (secondary N) is 3. The van der Waals surface area contributed by atoms with E-state index in [2.05, 4.69) is 21.3 Å². The minimum absolute atomic E-state index is 0.171. The molecule has 2 aliphatic heterocycles. The number of aryl methyl sites for hydroxylation is 1. The summed E-state index contributed by atoms with van der Waals surface area (Å²) in [4.78, 5) is 25.7. The first-order chi connectivity index (χ1) is 13.1. The van der Waals surface area contributed by atoms with Gasteiger partial charge in [0.15, 0.2) is 18.0 Å². The first-order valence-electron chi connectivity index (χ1n) is 9.06. The van der Waals surface area contributed by atoms with Gasteiger partial charge in [-0.1, -0.05) is 0 Å². The lowest BCUT2D eigenvalue weighted by molar-refractivity contribution is -0.911. The zero-order chi connectivity index (χ0) is 18.8. The third-order valence-corrected chi connectivity index (χ3v) is 5.10. The topological polar surface area (TPSA) is 86.0 Å². The van der Waals surface area contributed by atoms with Crippen molar-refractivity contribution in [1.82, 2.24) is 9.88 Å². The van der Waals surface area contributed by atoms with E-state index in [1.807, 2.05) is 19.3 Å². The molecule has 1 saturated heterocycles. The average molecular weight is 371 g/mol. The summed E-state index contributed by atoms with van der Waals surface area (Å²) in [7, 11) is 2.02. The van der Waals surface area contributed by atoms with Crippen LogP contribution < -0.4 is 25.0 Å². The van der Waals surface area contributed by atoms with Crippen molar-refractivity contribution in [3.63, 3.8) is 0 Å². The van der Waals surface area contributed by atoms with Crippen LogP contribution in [-0.2, 0) is 11.8 Å². The fourth-order valence-electron chi connectivity index (χ4n) is 3.83. The van der Waals surface area contributed by atoms with Crippen molar-refractivity contribution < 1.29 is 24.0 Å². The van der Waals surface area contributed by atoms with Gasteiger partial charge in [0.25, 0.3) is 5.91 Å². The number of amides is 3. The highest BCUT2D eigenvalue weighted by Gasteiger charge is 2.33. The first kappa shape index (κ1) is 17.4. The summed E-state index contributed by atoms with van der Waals surface area (Å²) in [6.07, 6.45) is 4.13. The predicted octanol–water partition coefficient (Wildman–Crippen LogP) is 0.822. The van der Waals surface area contributed by atoms with Crippen LogP contribution in [0.4, 0.5) is 10.5 Å². The number of rotatable bonds is 4. The number of ether oxygens (including phenoxy) is 2. The molecular weight excluding hydrogens is 348 g/mol. The molecule has 3 amide bonds. The molecule has 0 bridgehead atoms. The molecule has 2 aliphatic rings. The lowest BCUT2D eigenvalue weighted by Crippen LogP contribution is -3.11. The van der Waals surface area contributed by atoms with E-state index in [1.54, 1.807) is 18.2 Å². The normalized spacial score (nSPS) is 20.5. The van der Waals surface area contributed by atoms with E-state index in [1.165, 1.54) is 10.6 Å². The summed E-state index contributed by atoms with van der Waals surface area (Å²) in [5.74, 6) is 0.928. The number of nitrogens with zero attached hydrogens (tertiary/aromatic N) is 1. The number of imide groups is 1. The molecule has 0 saturated carbocycles. The number of quaternary nitrogens is 1. The number of benzene rings is 1. The van der Waals surface area contributed by atoms with Gasteiger partial charge in [-0.2, -0.15) is 0 Å². The SMILES string of the molecule is Cn1cccc1[C@@H]1CCC[NH+]1CC(=O)NC(=O)Nc1ccc2c(c1)OCO2. The monoisotopic (exact) mass is 371 g/mol. The van der Waals surface area contributed by atoms with Gasteiger partial charge in [0, 0.05) is 37.8 Å². The summed E-state index contributed by atoms with van der Waals surface area (Å²) in [5.41, 5.74) is 1.76. The second-order valence-electron chi connectivity index (χ2n) is 6.89. The van der Waals surface area contributed by atoms with E-state index in [0.717, 1.165) is 19.4 Å². The van der Waals surface area contributed by atoms with Gasteiger partial charge in [0.05, 0.1) is 12.2 Å². The van der Waals surface area contributed by atoms with E-state index in [-0.39, 0.29) is 25.3 Å². The Labute approximate surface area is 157 Å². The molecule has 8 heteroatoms. The molecule has 0 spiro atoms. The molecule has 8 nitrogen and oxygen atoms in total. The van der Waals surface area contributed by atoms with Gasteiger partial charge in [-0.15, -0.1) is 0 Å². The van der Waals surface area contributed by atoms with Gasteiger partial charge < -0.3 is 24.3 Å². The molecule has 142 valence electrons. The number of carbonyl (C=O) groups excluding carboxylic acids is 2. The van der Waals surface area contributed by atoms with E-state index in [0.29, 0.717) is 17.2 Å². The highest BCUT2D eigenvalue weighted by Crippen LogP contribution is 2.34. The number of fused-ring (bicyclic) bond motifs is 1. The zero-order valence-corrected chi connectivity index (χ0v) is 15.2. The maximum absolute atomic E-state index is 12.3. The molecule has 4 rings (SSSR count). The number of urea groups is 1. The maximum Gasteiger partial charge on any atom is 0.326 e. The smallest absolute Gasteiger partial charge is 0.326 e. The molecule has 27 heavy (non-hydrogen) atoms. The Balaban J connectivity index is 1.32. The number of hydrogen-bond acceptors (Lipinski definition) is 4. The minimum Gasteiger partial charge on any atom is -0.454 e. The van der Waals surface area contributed by atoms with E-state index < -0.39 is 6.03 Å². The standard InChI is InChI=1S/C19H22N4O4/c1-22-8-2-4-14(22)15-5-3-9-23(15)11-18(24)21-19(25)20-13-6-7-16-17(10-13)27-12-26-16/h2,4,6-8,10,15H,3,5,9,11-12H2,1H3,(H2,20,21,24,25)/p+1/t15-/m0/s1. The lowest BCUT2D eigenvalue weighted by atomic mass is 10.1. The Morgan fingerprint density at radius 3 is 2.93 bits per heavy atom. The van der Waals surface area contributed by atoms with Crippen molar-refractivity contribution in [1.29, 1.82) is 0 Å². The maximum atomic E-state index is 12.3. The van der Waals surface area contributed by atoms with Gasteiger partial charge in [0.2, 0.25) is 6.79 Å². The van der Waals surface area contributed by atoms with Crippen molar-refractivity contribution in [3.8, 4) is 11.5 Å². The predicted molar refractivity (Wildman–Crippen MR) is 97.8 cm³/mol. The Bertz CT molecular complexity index is 863. The van der Waals surface area contributed by atoms with Crippen LogP contribution in [0.2, 0.25) is 0 Å². The second kappa shape index (κ2) is 7.32. The number of carbonyl (C=O) groups is 2. The number of anilines is 1. The molecule has 3 heterocycles. The Morgan fingerprint density at radius 2 is 2.11 bits per heavy atom. The highest BCUT2D eigenvalue weighted by atomic mass is 16.7. The van der Waals surface area contributed by atoms with Crippen molar-refractivity contribution in [2.45, 2.75) is 18.9 Å². The molecule has 3 N–H and O–H groups in total. The number of likely N-dealkylation sites (tertiary alicyclic amines) is 1. The molecule has 1 unspecified atom stereocenters. The molecule has 2 aromatic rings. The molecular formula is C19H23N4O4+. The van der Waals surface area contributed by atoms with Crippen LogP contribution in [-0.4, -0.2) is 36.4 Å². The van der Waals surface area contributed by atoms with Crippen molar-refractivity contribution >= 4 is 17.6 Å². The molecule has 0 aliphatic carbocycles. The summed E-state index contributed by atoms with van der Waals surface area (Å²) in [6.45, 7) is 1.36. The molecule has 1 aromatic carbocycles. The number of hydrogen-bond donors (Lipinski definition) is 3. The van der Waals surface area contributed by atoms with Gasteiger partial charge >= 0.3 is 6.03 Å². The van der Waals surface area contributed by atoms with Gasteiger partial charge in [0.1, 0.15) is 6.04 Å². The fraction of sp³-hybridized carbons (Fsp3) is 0.368. The van der Waals surface area contributed by atoms with Crippen LogP contribution in [0.1, 0.15) is 24.6 Å². The molecule has 0 radical (unpaired) electrons. The zero-order valence-electron chi connectivity index (χ0n) is 15.2. The lowest BCUT2D eigenvalue weighted by Gasteiger charge is -2.21. The molecule has 1 fully saturated rings. The third kappa shape index (κ3) is 3.75. The largest absolute Gasteiger partial charge is 0.454 e. The fourth-order valence-corrected chi connectivity index (χ4v) is 3.83. The van der Waals surface area contributed by atoms with Crippen molar-refractivity contribution in [3.05, 3.63) is 42.2 Å². The summed E-state index contributed by atoms with van der Waals surface area (Å²) >= 11 is 0. The van der Waals surface area contributed by atoms with Gasteiger partial charge in [-0.25, -0.2) is 4.79 Å². The van der Waals surface area contributed by atoms with Gasteiger partial charge in [-0.05, 0) is 24.3 Å². The average Bonchev–Trinajstić information content (AvgIpc) is 3.35. The van der Waals surface area contributed by atoms with Crippen LogP contribution in [0.5, 0.6) is 11.5 Å². The Hall–Kier alpha value is -3.00. The van der Waals surface area contributed by atoms with Gasteiger partial charge in [-0.3, -0.25) is 10.1 Å². The summed E-state index contributed by atoms with van der Waals surface area (Å²) in [6, 6.07) is 8.95. The van der Waals surface area contributed by atoms with Crippen LogP contribution in [0.25, 0.3) is 0 Å². The van der Waals surface area contributed by atoms with Crippen LogP contribution in [0, 0.1) is 0 Å². The Morgan fingerprint density at radius 1 is 1.26 bits per heavy atom. The van der Waals surface area contributed by atoms with Crippen molar-refractivity contribution in [2.24, 2.45) is 7.05 Å². The van der Waals surface area contributed by atoms with Crippen LogP contribution in [0.15, 0.2) is 36.5 Å². The van der Waals surface area contributed by atoms with E-state index >= 15 is 0 Å². The highest BCUT2D eigenvalue weighted by molar-refractivity contribution is 6.01. The Kier molecular flexibility index (Phi) is 4.72. The third-order valence-electron chi connectivity index (χ3n) is 5.10. The van der Waals surface area contributed by atoms with Crippen molar-refractivity contribution in [2.75, 3.05) is 25.2 Å². The summed E-state index contributed by atoms with van der Waals surface area (Å²) < 4.78 is 12.6. The van der Waals surface area contributed by atoms with E-state index in [4.69, 9.17) is 9.47 Å². The number of aromatic nitrogens is 1. The quantitative estimate of drug-likeness (QED) is 0.743. The van der Waals surface area contributed by atoms with E-state index in [9.17, 15) is 9.59 Å². The molecule has 1 aromatic heterocycles. The molecule has 2 atom stereocenters. The summed E-state index contributed by atoms with van der Waals surface area (Å²) in [5, 5.41) is 5.07. The van der Waals surface area contributed by atoms with Crippen LogP contribution in [0.3, 0.4) is 0 Å². The van der Waals surface area contributed by atoms with Crippen LogP contribution >= 0.6 is 0 Å². The first-order valence-corrected chi connectivity index (χ1v) is 9.06. The second-order valence-corrected chi connectivity index (χ2v) is 6.89. The minimum atomic E-state index is -0.548.